The van der Waals surface area contributed by atoms with E-state index < -0.39 is 12.1 Å². The topological polar surface area (TPSA) is 87.3 Å². The molecule has 7 nitrogen and oxygen atoms in total. The minimum Gasteiger partial charge on any atom is -0.409 e. The van der Waals surface area contributed by atoms with Gasteiger partial charge < -0.3 is 19.9 Å². The molecule has 4 aromatic rings. The first-order valence-electron chi connectivity index (χ1n) is 11.6. The normalized spacial score (nSPS) is 14.5. The number of carbonyl (C=O) groups is 1. The second-order valence-corrected chi connectivity index (χ2v) is 8.98. The Hall–Kier alpha value is -3.84. The van der Waals surface area contributed by atoms with Crippen molar-refractivity contribution in [3.8, 4) is 5.75 Å². The van der Waals surface area contributed by atoms with Gasteiger partial charge in [-0.05, 0) is 55.2 Å². The van der Waals surface area contributed by atoms with E-state index in [9.17, 15) is 9.59 Å². The molecule has 0 aliphatic carbocycles. The predicted molar refractivity (Wildman–Crippen MR) is 137 cm³/mol. The number of aromatic amines is 1. The van der Waals surface area contributed by atoms with Crippen molar-refractivity contribution in [1.29, 1.82) is 0 Å². The second-order valence-electron chi connectivity index (χ2n) is 8.54. The van der Waals surface area contributed by atoms with Crippen molar-refractivity contribution in [3.63, 3.8) is 0 Å². The summed E-state index contributed by atoms with van der Waals surface area (Å²) in [7, 11) is 0. The van der Waals surface area contributed by atoms with Crippen molar-refractivity contribution in [3.05, 3.63) is 99.4 Å². The Morgan fingerprint density at radius 2 is 1.86 bits per heavy atom. The Morgan fingerprint density at radius 1 is 1.06 bits per heavy atom. The van der Waals surface area contributed by atoms with E-state index in [-0.39, 0.29) is 5.43 Å². The molecule has 3 heterocycles. The molecular formula is C27H25ClN4O3. The molecule has 0 spiro atoms. The van der Waals surface area contributed by atoms with Gasteiger partial charge in [0.2, 0.25) is 0 Å². The third kappa shape index (κ3) is 5.15. The monoisotopic (exact) mass is 488 g/mol. The number of amides is 1. The van der Waals surface area contributed by atoms with Gasteiger partial charge >= 0.3 is 6.09 Å². The van der Waals surface area contributed by atoms with E-state index in [4.69, 9.17) is 16.3 Å². The van der Waals surface area contributed by atoms with Crippen molar-refractivity contribution >= 4 is 34.4 Å². The fourth-order valence-corrected chi connectivity index (χ4v) is 4.58. The number of hydrogen-bond acceptors (Lipinski definition) is 5. The summed E-state index contributed by atoms with van der Waals surface area (Å²) in [5.74, 6) is 1.21. The fraction of sp³-hybridized carbons (Fsp3) is 0.222. The van der Waals surface area contributed by atoms with E-state index in [1.54, 1.807) is 36.7 Å². The Balaban J connectivity index is 1.38. The molecule has 8 heteroatoms. The maximum absolute atomic E-state index is 13.3. The summed E-state index contributed by atoms with van der Waals surface area (Å²) < 4.78 is 5.51. The van der Waals surface area contributed by atoms with E-state index in [1.165, 1.54) is 6.42 Å². The second kappa shape index (κ2) is 10.2. The van der Waals surface area contributed by atoms with Gasteiger partial charge in [0, 0.05) is 35.3 Å². The molecule has 35 heavy (non-hydrogen) atoms. The van der Waals surface area contributed by atoms with Crippen LogP contribution in [0.2, 0.25) is 5.02 Å². The van der Waals surface area contributed by atoms with Crippen LogP contribution in [0.25, 0.3) is 10.9 Å². The van der Waals surface area contributed by atoms with Gasteiger partial charge in [-0.25, -0.2) is 9.78 Å². The number of benzene rings is 2. The Bertz CT molecular complexity index is 1380. The number of nitrogens with one attached hydrogen (secondary N) is 2. The van der Waals surface area contributed by atoms with E-state index in [0.717, 1.165) is 37.3 Å². The summed E-state index contributed by atoms with van der Waals surface area (Å²) in [6.07, 6.45) is 6.03. The number of nitrogens with zero attached hydrogens (tertiary/aromatic N) is 2. The first-order valence-corrected chi connectivity index (χ1v) is 12.0. The average Bonchev–Trinajstić information content (AvgIpc) is 2.89. The number of carbonyl (C=O) groups excluding carboxylic acids is 1. The lowest BCUT2D eigenvalue weighted by molar-refractivity contribution is 0.197. The molecule has 0 radical (unpaired) electrons. The smallest absolute Gasteiger partial charge is 0.409 e. The van der Waals surface area contributed by atoms with Gasteiger partial charge in [0.25, 0.3) is 0 Å². The van der Waals surface area contributed by atoms with Gasteiger partial charge in [0.05, 0.1) is 17.8 Å². The number of piperidine rings is 1. The standard InChI is InChI=1S/C27H25ClN4O3/c28-19-9-11-21-23(15-19)29-17-22(26(21)33)25(18-7-3-1-4-8-18)31-27(34)35-20-10-12-24(30-16-20)32-13-5-2-6-14-32/h1,3-4,7-12,15-17,25H,2,5-6,13-14H2,(H,29,33)(H,31,34). The van der Waals surface area contributed by atoms with E-state index in [1.807, 2.05) is 36.4 Å². The molecule has 1 amide bonds. The molecule has 1 unspecified atom stereocenters. The van der Waals surface area contributed by atoms with E-state index >= 15 is 0 Å². The van der Waals surface area contributed by atoms with Crippen molar-refractivity contribution < 1.29 is 9.53 Å². The van der Waals surface area contributed by atoms with Crippen LogP contribution in [0.4, 0.5) is 10.6 Å². The van der Waals surface area contributed by atoms with Gasteiger partial charge in [-0.2, -0.15) is 0 Å². The average molecular weight is 489 g/mol. The number of halogens is 1. The van der Waals surface area contributed by atoms with Gasteiger partial charge in [0.15, 0.2) is 11.2 Å². The summed E-state index contributed by atoms with van der Waals surface area (Å²) >= 11 is 6.07. The van der Waals surface area contributed by atoms with Crippen LogP contribution in [0.1, 0.15) is 36.4 Å². The molecule has 0 saturated carbocycles. The number of rotatable bonds is 5. The highest BCUT2D eigenvalue weighted by atomic mass is 35.5. The summed E-state index contributed by atoms with van der Waals surface area (Å²) in [5.41, 5.74) is 1.57. The summed E-state index contributed by atoms with van der Waals surface area (Å²) in [6.45, 7) is 1.97. The molecule has 1 fully saturated rings. The lowest BCUT2D eigenvalue weighted by Gasteiger charge is -2.27. The predicted octanol–water partition coefficient (Wildman–Crippen LogP) is 5.44. The van der Waals surface area contributed by atoms with E-state index in [0.29, 0.717) is 27.2 Å². The van der Waals surface area contributed by atoms with Crippen molar-refractivity contribution in [2.45, 2.75) is 25.3 Å². The molecule has 0 bridgehead atoms. The number of fused-ring (bicyclic) bond motifs is 1. The summed E-state index contributed by atoms with van der Waals surface area (Å²) in [6, 6.07) is 17.2. The maximum Gasteiger partial charge on any atom is 0.413 e. The zero-order valence-electron chi connectivity index (χ0n) is 19.0. The zero-order chi connectivity index (χ0) is 24.2. The van der Waals surface area contributed by atoms with Crippen LogP contribution in [0.5, 0.6) is 5.75 Å². The van der Waals surface area contributed by atoms with Gasteiger partial charge in [-0.15, -0.1) is 0 Å². The lowest BCUT2D eigenvalue weighted by atomic mass is 9.98. The molecule has 2 aromatic heterocycles. The van der Waals surface area contributed by atoms with Gasteiger partial charge in [-0.3, -0.25) is 4.79 Å². The van der Waals surface area contributed by atoms with Crippen LogP contribution in [-0.4, -0.2) is 29.2 Å². The molecule has 1 saturated heterocycles. The molecule has 1 aliphatic heterocycles. The van der Waals surface area contributed by atoms with Crippen LogP contribution in [0.3, 0.4) is 0 Å². The van der Waals surface area contributed by atoms with Gasteiger partial charge in [-0.1, -0.05) is 41.9 Å². The number of ether oxygens (including phenoxy) is 1. The number of H-pyrrole nitrogens is 1. The summed E-state index contributed by atoms with van der Waals surface area (Å²) in [4.78, 5) is 36.0. The molecule has 178 valence electrons. The fourth-order valence-electron chi connectivity index (χ4n) is 4.41. The molecule has 1 atom stereocenters. The number of pyridine rings is 2. The van der Waals surface area contributed by atoms with E-state index in [2.05, 4.69) is 20.2 Å². The molecule has 5 rings (SSSR count). The lowest BCUT2D eigenvalue weighted by Crippen LogP contribution is -2.34. The van der Waals surface area contributed by atoms with Crippen LogP contribution in [0.15, 0.2) is 77.9 Å². The Morgan fingerprint density at radius 3 is 2.60 bits per heavy atom. The first-order chi connectivity index (χ1) is 17.1. The Labute approximate surface area is 207 Å². The highest BCUT2D eigenvalue weighted by Gasteiger charge is 2.22. The molecule has 2 aromatic carbocycles. The van der Waals surface area contributed by atoms with Crippen molar-refractivity contribution in [2.24, 2.45) is 0 Å². The highest BCUT2D eigenvalue weighted by molar-refractivity contribution is 6.31. The maximum atomic E-state index is 13.3. The van der Waals surface area contributed by atoms with Gasteiger partial charge in [0.1, 0.15) is 5.82 Å². The van der Waals surface area contributed by atoms with Crippen LogP contribution in [-0.2, 0) is 0 Å². The molecule has 2 N–H and O–H groups in total. The summed E-state index contributed by atoms with van der Waals surface area (Å²) in [5, 5.41) is 3.86. The van der Waals surface area contributed by atoms with Crippen LogP contribution in [0, 0.1) is 0 Å². The van der Waals surface area contributed by atoms with Crippen molar-refractivity contribution in [2.75, 3.05) is 18.0 Å². The zero-order valence-corrected chi connectivity index (χ0v) is 19.8. The van der Waals surface area contributed by atoms with Crippen molar-refractivity contribution in [1.82, 2.24) is 15.3 Å². The quantitative estimate of drug-likeness (QED) is 0.390. The number of anilines is 1. The minimum atomic E-state index is -0.715. The first kappa shape index (κ1) is 22.9. The number of aromatic nitrogens is 2. The highest BCUT2D eigenvalue weighted by Crippen LogP contribution is 2.24. The molecular weight excluding hydrogens is 464 g/mol. The number of hydrogen-bond donors (Lipinski definition) is 2. The largest absolute Gasteiger partial charge is 0.413 e. The molecule has 1 aliphatic rings. The van der Waals surface area contributed by atoms with Crippen LogP contribution < -0.4 is 20.4 Å². The van der Waals surface area contributed by atoms with Crippen LogP contribution >= 0.6 is 11.6 Å². The third-order valence-electron chi connectivity index (χ3n) is 6.19. The SMILES string of the molecule is O=C(NC(c1ccccc1)c1c[nH]c2cc(Cl)ccc2c1=O)Oc1ccc(N2CCCCC2)nc1. The third-order valence-corrected chi connectivity index (χ3v) is 6.42. The minimum absolute atomic E-state index is 0.197. The Kier molecular flexibility index (Phi) is 6.68.